The molecule has 120 valence electrons. The lowest BCUT2D eigenvalue weighted by molar-refractivity contribution is -0.121. The van der Waals surface area contributed by atoms with Gasteiger partial charge in [-0.1, -0.05) is 31.4 Å². The van der Waals surface area contributed by atoms with Crippen LogP contribution in [0.25, 0.3) is 0 Å². The SMILES string of the molecule is CC(=O)c1cccc(N[C@@H](C)C(=O)NCC2CCCCC2)c1. The van der Waals surface area contributed by atoms with Crippen LogP contribution in [0.1, 0.15) is 56.3 Å². The first-order valence-electron chi connectivity index (χ1n) is 8.21. The Bertz CT molecular complexity index is 522. The molecule has 0 aliphatic heterocycles. The van der Waals surface area contributed by atoms with Crippen molar-refractivity contribution in [3.8, 4) is 0 Å². The van der Waals surface area contributed by atoms with Gasteiger partial charge in [-0.25, -0.2) is 0 Å². The maximum absolute atomic E-state index is 12.2. The molecule has 1 atom stereocenters. The zero-order chi connectivity index (χ0) is 15.9. The predicted molar refractivity (Wildman–Crippen MR) is 89.1 cm³/mol. The van der Waals surface area contributed by atoms with Gasteiger partial charge in [0.05, 0.1) is 0 Å². The van der Waals surface area contributed by atoms with Gasteiger partial charge in [0.2, 0.25) is 5.91 Å². The van der Waals surface area contributed by atoms with Crippen molar-refractivity contribution in [1.82, 2.24) is 5.32 Å². The van der Waals surface area contributed by atoms with Crippen molar-refractivity contribution in [2.45, 2.75) is 52.0 Å². The van der Waals surface area contributed by atoms with Crippen LogP contribution >= 0.6 is 0 Å². The second-order valence-corrected chi connectivity index (χ2v) is 6.25. The fourth-order valence-corrected chi connectivity index (χ4v) is 2.93. The van der Waals surface area contributed by atoms with Crippen LogP contribution in [-0.2, 0) is 4.79 Å². The molecule has 22 heavy (non-hydrogen) atoms. The molecule has 1 saturated carbocycles. The molecule has 0 bridgehead atoms. The standard InChI is InChI=1S/C18H26N2O2/c1-13(18(22)19-12-15-7-4-3-5-8-15)20-17-10-6-9-16(11-17)14(2)21/h6,9-11,13,15,20H,3-5,7-8,12H2,1-2H3,(H,19,22)/t13-/m0/s1. The molecule has 0 heterocycles. The fourth-order valence-electron chi connectivity index (χ4n) is 2.93. The minimum absolute atomic E-state index is 0.0128. The van der Waals surface area contributed by atoms with Crippen LogP contribution in [0.4, 0.5) is 5.69 Å². The minimum atomic E-state index is -0.314. The van der Waals surface area contributed by atoms with E-state index in [4.69, 9.17) is 0 Å². The van der Waals surface area contributed by atoms with Crippen LogP contribution in [0.15, 0.2) is 24.3 Å². The van der Waals surface area contributed by atoms with Crippen molar-refractivity contribution in [3.63, 3.8) is 0 Å². The van der Waals surface area contributed by atoms with Gasteiger partial charge < -0.3 is 10.6 Å². The number of benzene rings is 1. The van der Waals surface area contributed by atoms with Crippen LogP contribution in [-0.4, -0.2) is 24.3 Å². The van der Waals surface area contributed by atoms with Gasteiger partial charge in [0.15, 0.2) is 5.78 Å². The molecule has 4 heteroatoms. The number of hydrogen-bond acceptors (Lipinski definition) is 3. The Labute approximate surface area is 132 Å². The number of amides is 1. The molecule has 1 amide bonds. The molecule has 0 spiro atoms. The summed E-state index contributed by atoms with van der Waals surface area (Å²) in [4.78, 5) is 23.6. The molecule has 4 nitrogen and oxygen atoms in total. The van der Waals surface area contributed by atoms with Crippen LogP contribution in [0.5, 0.6) is 0 Å². The summed E-state index contributed by atoms with van der Waals surface area (Å²) in [6, 6.07) is 6.95. The lowest BCUT2D eigenvalue weighted by atomic mass is 9.89. The quantitative estimate of drug-likeness (QED) is 0.792. The third-order valence-electron chi connectivity index (χ3n) is 4.34. The van der Waals surface area contributed by atoms with Crippen molar-refractivity contribution in [1.29, 1.82) is 0 Å². The van der Waals surface area contributed by atoms with E-state index in [1.54, 1.807) is 19.1 Å². The fraction of sp³-hybridized carbons (Fsp3) is 0.556. The largest absolute Gasteiger partial charge is 0.374 e. The molecule has 0 unspecified atom stereocenters. The van der Waals surface area contributed by atoms with Crippen molar-refractivity contribution < 1.29 is 9.59 Å². The maximum atomic E-state index is 12.2. The Morgan fingerprint density at radius 1 is 1.23 bits per heavy atom. The number of ketones is 1. The van der Waals surface area contributed by atoms with E-state index in [1.165, 1.54) is 32.1 Å². The lowest BCUT2D eigenvalue weighted by Gasteiger charge is -2.23. The first-order chi connectivity index (χ1) is 10.6. The second kappa shape index (κ2) is 7.97. The molecule has 1 fully saturated rings. The number of hydrogen-bond donors (Lipinski definition) is 2. The van der Waals surface area contributed by atoms with Crippen LogP contribution in [0.2, 0.25) is 0 Å². The number of rotatable bonds is 6. The molecule has 1 aromatic carbocycles. The molecule has 0 saturated heterocycles. The van der Waals surface area contributed by atoms with Gasteiger partial charge in [0.1, 0.15) is 6.04 Å². The number of anilines is 1. The number of carbonyl (C=O) groups excluding carboxylic acids is 2. The van der Waals surface area contributed by atoms with E-state index in [0.29, 0.717) is 11.5 Å². The zero-order valence-corrected chi connectivity index (χ0v) is 13.5. The van der Waals surface area contributed by atoms with E-state index in [9.17, 15) is 9.59 Å². The summed E-state index contributed by atoms with van der Waals surface area (Å²) >= 11 is 0. The normalized spacial score (nSPS) is 16.8. The summed E-state index contributed by atoms with van der Waals surface area (Å²) in [5.41, 5.74) is 1.45. The van der Waals surface area contributed by atoms with Crippen molar-refractivity contribution in [2.24, 2.45) is 5.92 Å². The average Bonchev–Trinajstić information content (AvgIpc) is 2.53. The van der Waals surface area contributed by atoms with E-state index in [2.05, 4.69) is 10.6 Å². The number of Topliss-reactive ketones (excluding diaryl/α,β-unsaturated/α-hetero) is 1. The van der Waals surface area contributed by atoms with Crippen LogP contribution in [0.3, 0.4) is 0 Å². The number of carbonyl (C=O) groups is 2. The average molecular weight is 302 g/mol. The number of nitrogens with one attached hydrogen (secondary N) is 2. The van der Waals surface area contributed by atoms with Gasteiger partial charge in [-0.3, -0.25) is 9.59 Å². The van der Waals surface area contributed by atoms with E-state index in [0.717, 1.165) is 12.2 Å². The highest BCUT2D eigenvalue weighted by molar-refractivity contribution is 5.95. The summed E-state index contributed by atoms with van der Waals surface area (Å²) in [5, 5.41) is 6.20. The monoisotopic (exact) mass is 302 g/mol. The van der Waals surface area contributed by atoms with Gasteiger partial charge in [-0.2, -0.15) is 0 Å². The topological polar surface area (TPSA) is 58.2 Å². The first-order valence-corrected chi connectivity index (χ1v) is 8.21. The maximum Gasteiger partial charge on any atom is 0.242 e. The van der Waals surface area contributed by atoms with Crippen LogP contribution < -0.4 is 10.6 Å². The zero-order valence-electron chi connectivity index (χ0n) is 13.5. The highest BCUT2D eigenvalue weighted by Crippen LogP contribution is 2.22. The summed E-state index contributed by atoms with van der Waals surface area (Å²) in [6.45, 7) is 4.16. The lowest BCUT2D eigenvalue weighted by Crippen LogP contribution is -2.40. The van der Waals surface area contributed by atoms with Gasteiger partial charge in [-0.05, 0) is 44.7 Å². The van der Waals surface area contributed by atoms with Crippen molar-refractivity contribution in [3.05, 3.63) is 29.8 Å². The molecule has 1 aliphatic rings. The molecule has 2 N–H and O–H groups in total. The Morgan fingerprint density at radius 2 is 1.95 bits per heavy atom. The molecule has 2 rings (SSSR count). The van der Waals surface area contributed by atoms with Crippen molar-refractivity contribution in [2.75, 3.05) is 11.9 Å². The third kappa shape index (κ3) is 4.86. The molecule has 0 aromatic heterocycles. The van der Waals surface area contributed by atoms with Gasteiger partial charge in [0, 0.05) is 17.8 Å². The van der Waals surface area contributed by atoms with Crippen molar-refractivity contribution >= 4 is 17.4 Å². The van der Waals surface area contributed by atoms with Gasteiger partial charge in [0.25, 0.3) is 0 Å². The summed E-state index contributed by atoms with van der Waals surface area (Å²) in [6.07, 6.45) is 6.35. The Hall–Kier alpha value is -1.84. The van der Waals surface area contributed by atoms with E-state index in [1.807, 2.05) is 19.1 Å². The first kappa shape index (κ1) is 16.5. The molecular weight excluding hydrogens is 276 g/mol. The smallest absolute Gasteiger partial charge is 0.242 e. The van der Waals surface area contributed by atoms with Crippen LogP contribution in [0, 0.1) is 5.92 Å². The predicted octanol–water partition coefficient (Wildman–Crippen LogP) is 3.39. The third-order valence-corrected chi connectivity index (χ3v) is 4.34. The molecule has 1 aromatic rings. The summed E-state index contributed by atoms with van der Waals surface area (Å²) in [5.74, 6) is 0.669. The summed E-state index contributed by atoms with van der Waals surface area (Å²) in [7, 11) is 0. The minimum Gasteiger partial charge on any atom is -0.374 e. The Morgan fingerprint density at radius 3 is 2.64 bits per heavy atom. The van der Waals surface area contributed by atoms with Gasteiger partial charge in [-0.15, -0.1) is 0 Å². The second-order valence-electron chi connectivity index (χ2n) is 6.25. The summed E-state index contributed by atoms with van der Waals surface area (Å²) < 4.78 is 0. The molecule has 1 aliphatic carbocycles. The van der Waals surface area contributed by atoms with E-state index < -0.39 is 0 Å². The Kier molecular flexibility index (Phi) is 5.99. The van der Waals surface area contributed by atoms with Gasteiger partial charge >= 0.3 is 0 Å². The molecule has 0 radical (unpaired) electrons. The van der Waals surface area contributed by atoms with E-state index >= 15 is 0 Å². The Balaban J connectivity index is 1.82. The highest BCUT2D eigenvalue weighted by atomic mass is 16.2. The molecular formula is C18H26N2O2. The van der Waals surface area contributed by atoms with E-state index in [-0.39, 0.29) is 17.7 Å². The highest BCUT2D eigenvalue weighted by Gasteiger charge is 2.17.